The predicted molar refractivity (Wildman–Crippen MR) is 72.2 cm³/mol. The fourth-order valence-corrected chi connectivity index (χ4v) is 1.79. The van der Waals surface area contributed by atoms with Gasteiger partial charge in [-0.15, -0.1) is 0 Å². The third kappa shape index (κ3) is 3.47. The van der Waals surface area contributed by atoms with Crippen LogP contribution in [0.5, 0.6) is 0 Å². The third-order valence-corrected chi connectivity index (χ3v) is 2.88. The highest BCUT2D eigenvalue weighted by Crippen LogP contribution is 2.36. The van der Waals surface area contributed by atoms with E-state index in [4.69, 9.17) is 5.73 Å². The topological polar surface area (TPSA) is 81.2 Å². The third-order valence-electron chi connectivity index (χ3n) is 2.88. The van der Waals surface area contributed by atoms with Gasteiger partial charge in [-0.25, -0.2) is 8.78 Å². The molecule has 0 amide bonds. The van der Waals surface area contributed by atoms with Gasteiger partial charge in [0, 0.05) is 6.07 Å². The van der Waals surface area contributed by atoms with Crippen LogP contribution in [0, 0.1) is 21.7 Å². The van der Waals surface area contributed by atoms with Crippen molar-refractivity contribution < 1.29 is 26.9 Å². The van der Waals surface area contributed by atoms with E-state index in [1.54, 1.807) is 0 Å². The molecule has 0 aliphatic rings. The molecule has 0 saturated carbocycles. The highest BCUT2D eigenvalue weighted by Gasteiger charge is 2.31. The van der Waals surface area contributed by atoms with E-state index >= 15 is 0 Å². The van der Waals surface area contributed by atoms with Crippen LogP contribution >= 0.6 is 0 Å². The number of nitrogens with zero attached hydrogens (tertiary/aromatic N) is 1. The quantitative estimate of drug-likeness (QED) is 0.381. The number of nitro benzene ring substituents is 1. The highest BCUT2D eigenvalue weighted by molar-refractivity contribution is 5.77. The Balaban J connectivity index is 2.44. The number of hydrogen-bond acceptors (Lipinski definition) is 4. The van der Waals surface area contributed by atoms with Crippen LogP contribution in [0.15, 0.2) is 30.3 Å². The molecule has 0 heterocycles. The van der Waals surface area contributed by atoms with Gasteiger partial charge in [0.05, 0.1) is 27.9 Å². The van der Waals surface area contributed by atoms with Crippen molar-refractivity contribution in [3.05, 3.63) is 57.6 Å². The van der Waals surface area contributed by atoms with Crippen LogP contribution < -0.4 is 11.1 Å². The van der Waals surface area contributed by atoms with Gasteiger partial charge in [0.15, 0.2) is 11.6 Å². The van der Waals surface area contributed by atoms with Crippen molar-refractivity contribution in [2.45, 2.75) is 6.18 Å². The van der Waals surface area contributed by atoms with Crippen molar-refractivity contribution in [1.82, 2.24) is 0 Å². The van der Waals surface area contributed by atoms with Gasteiger partial charge in [0.1, 0.15) is 5.69 Å². The summed E-state index contributed by atoms with van der Waals surface area (Å²) >= 11 is 0. The summed E-state index contributed by atoms with van der Waals surface area (Å²) in [6.07, 6.45) is -4.61. The van der Waals surface area contributed by atoms with Crippen molar-refractivity contribution in [2.75, 3.05) is 11.1 Å². The van der Waals surface area contributed by atoms with E-state index in [-0.39, 0.29) is 11.4 Å². The maximum absolute atomic E-state index is 13.2. The van der Waals surface area contributed by atoms with Crippen LogP contribution in [0.3, 0.4) is 0 Å². The molecule has 0 unspecified atom stereocenters. The Morgan fingerprint density at radius 2 is 1.65 bits per heavy atom. The fourth-order valence-electron chi connectivity index (χ4n) is 1.79. The second-order valence-corrected chi connectivity index (χ2v) is 4.47. The van der Waals surface area contributed by atoms with E-state index in [0.717, 1.165) is 6.07 Å². The minimum absolute atomic E-state index is 0.118. The van der Waals surface area contributed by atoms with Crippen LogP contribution in [0.25, 0.3) is 0 Å². The van der Waals surface area contributed by atoms with Gasteiger partial charge in [0.25, 0.3) is 5.69 Å². The van der Waals surface area contributed by atoms with E-state index in [1.165, 1.54) is 0 Å². The van der Waals surface area contributed by atoms with Crippen LogP contribution in [-0.2, 0) is 6.18 Å². The summed E-state index contributed by atoms with van der Waals surface area (Å²) in [6, 6.07) is 3.13. The molecule has 10 heteroatoms. The van der Waals surface area contributed by atoms with Crippen LogP contribution in [0.2, 0.25) is 0 Å². The van der Waals surface area contributed by atoms with Crippen molar-refractivity contribution in [1.29, 1.82) is 0 Å². The van der Waals surface area contributed by atoms with Gasteiger partial charge in [-0.05, 0) is 18.2 Å². The molecule has 0 atom stereocenters. The molecule has 5 nitrogen and oxygen atoms in total. The Hall–Kier alpha value is -2.91. The maximum Gasteiger partial charge on any atom is 0.416 e. The van der Waals surface area contributed by atoms with E-state index in [1.807, 2.05) is 0 Å². The smallest absolute Gasteiger partial charge is 0.397 e. The number of alkyl halides is 3. The molecule has 122 valence electrons. The molecule has 2 aromatic carbocycles. The Morgan fingerprint density at radius 1 is 1.04 bits per heavy atom. The Bertz CT molecular complexity index is 777. The molecule has 0 aliphatic heterocycles. The number of benzene rings is 2. The first-order chi connectivity index (χ1) is 10.6. The van der Waals surface area contributed by atoms with E-state index in [2.05, 4.69) is 5.32 Å². The first-order valence-corrected chi connectivity index (χ1v) is 5.97. The standard InChI is InChI=1S/C13H8F5N3O2/c14-7-4-11(12(21(22)23)5-8(7)15)20-10-2-1-6(3-9(10)19)13(16,17)18/h1-5,20H,19H2. The minimum Gasteiger partial charge on any atom is -0.397 e. The van der Waals surface area contributed by atoms with E-state index in [0.29, 0.717) is 24.3 Å². The lowest BCUT2D eigenvalue weighted by Crippen LogP contribution is -2.07. The summed E-state index contributed by atoms with van der Waals surface area (Å²) in [5, 5.41) is 13.2. The largest absolute Gasteiger partial charge is 0.416 e. The number of hydrogen-bond donors (Lipinski definition) is 2. The molecule has 0 bridgehead atoms. The molecule has 0 fully saturated rings. The number of nitrogens with two attached hydrogens (primary N) is 1. The average molecular weight is 333 g/mol. The summed E-state index contributed by atoms with van der Waals surface area (Å²) in [4.78, 5) is 9.88. The lowest BCUT2D eigenvalue weighted by Gasteiger charge is -2.13. The van der Waals surface area contributed by atoms with Crippen LogP contribution in [-0.4, -0.2) is 4.92 Å². The molecule has 0 saturated heterocycles. The fraction of sp³-hybridized carbons (Fsp3) is 0.0769. The second-order valence-electron chi connectivity index (χ2n) is 4.47. The molecule has 3 N–H and O–H groups in total. The zero-order valence-corrected chi connectivity index (χ0v) is 11.1. The van der Waals surface area contributed by atoms with Gasteiger partial charge >= 0.3 is 6.18 Å². The number of anilines is 3. The molecule has 2 aromatic rings. The van der Waals surface area contributed by atoms with Gasteiger partial charge < -0.3 is 11.1 Å². The summed E-state index contributed by atoms with van der Waals surface area (Å²) < 4.78 is 63.9. The molecule has 23 heavy (non-hydrogen) atoms. The lowest BCUT2D eigenvalue weighted by atomic mass is 10.1. The SMILES string of the molecule is Nc1cc(C(F)(F)F)ccc1Nc1cc(F)c(F)cc1[N+](=O)[O-]. The first-order valence-electron chi connectivity index (χ1n) is 5.97. The number of halogens is 5. The van der Waals surface area contributed by atoms with Crippen molar-refractivity contribution in [3.63, 3.8) is 0 Å². The van der Waals surface area contributed by atoms with Crippen LogP contribution in [0.4, 0.5) is 44.7 Å². The molecule has 0 aliphatic carbocycles. The highest BCUT2D eigenvalue weighted by atomic mass is 19.4. The Kier molecular flexibility index (Phi) is 4.08. The van der Waals surface area contributed by atoms with Crippen molar-refractivity contribution >= 4 is 22.7 Å². The summed E-state index contributed by atoms with van der Waals surface area (Å²) in [6.45, 7) is 0. The number of nitrogens with one attached hydrogen (secondary N) is 1. The maximum atomic E-state index is 13.2. The first kappa shape index (κ1) is 16.5. The Morgan fingerprint density at radius 3 is 2.17 bits per heavy atom. The lowest BCUT2D eigenvalue weighted by molar-refractivity contribution is -0.384. The van der Waals surface area contributed by atoms with Gasteiger partial charge in [-0.2, -0.15) is 13.2 Å². The summed E-state index contributed by atoms with van der Waals surface area (Å²) in [5.41, 5.74) is 2.73. The molecular formula is C13H8F5N3O2. The summed E-state index contributed by atoms with van der Waals surface area (Å²) in [7, 11) is 0. The zero-order chi connectivity index (χ0) is 17.4. The predicted octanol–water partition coefficient (Wildman–Crippen LogP) is 4.22. The average Bonchev–Trinajstić information content (AvgIpc) is 2.43. The molecule has 0 radical (unpaired) electrons. The number of nitro groups is 1. The molecule has 0 spiro atoms. The van der Waals surface area contributed by atoms with Crippen molar-refractivity contribution in [2.24, 2.45) is 0 Å². The number of nitrogen functional groups attached to an aromatic ring is 1. The van der Waals surface area contributed by atoms with Crippen LogP contribution in [0.1, 0.15) is 5.56 Å². The van der Waals surface area contributed by atoms with Gasteiger partial charge in [0.2, 0.25) is 0 Å². The molecular weight excluding hydrogens is 325 g/mol. The number of rotatable bonds is 3. The molecule has 0 aromatic heterocycles. The van der Waals surface area contributed by atoms with E-state index in [9.17, 15) is 32.1 Å². The minimum atomic E-state index is -4.61. The van der Waals surface area contributed by atoms with Gasteiger partial charge in [-0.1, -0.05) is 0 Å². The van der Waals surface area contributed by atoms with E-state index < -0.39 is 39.7 Å². The Labute approximate surface area is 125 Å². The summed E-state index contributed by atoms with van der Waals surface area (Å²) in [5.74, 6) is -2.79. The normalized spacial score (nSPS) is 11.3. The van der Waals surface area contributed by atoms with Crippen molar-refractivity contribution in [3.8, 4) is 0 Å². The second kappa shape index (κ2) is 5.71. The zero-order valence-electron chi connectivity index (χ0n) is 11.1. The van der Waals surface area contributed by atoms with Gasteiger partial charge in [-0.3, -0.25) is 10.1 Å². The monoisotopic (exact) mass is 333 g/mol. The molecule has 2 rings (SSSR count).